The molecule has 1 N–H and O–H groups in total. The summed E-state index contributed by atoms with van der Waals surface area (Å²) in [6, 6.07) is 0. The first-order valence-corrected chi connectivity index (χ1v) is 6.97. The van der Waals surface area contributed by atoms with E-state index >= 15 is 0 Å². The molecule has 0 aromatic carbocycles. The predicted octanol–water partition coefficient (Wildman–Crippen LogP) is 4.13. The maximum Gasteiger partial charge on any atom is 0.000480 e. The van der Waals surface area contributed by atoms with E-state index in [0.717, 1.165) is 0 Å². The van der Waals surface area contributed by atoms with Crippen LogP contribution in [-0.4, -0.2) is 13.6 Å². The van der Waals surface area contributed by atoms with E-state index < -0.39 is 0 Å². The molecule has 1 heteroatoms. The summed E-state index contributed by atoms with van der Waals surface area (Å²) in [7, 11) is 2.11. The molecule has 0 radical (unpaired) electrons. The number of hydrogen-bond acceptors (Lipinski definition) is 1. The van der Waals surface area contributed by atoms with Crippen LogP contribution in [0.4, 0.5) is 0 Å². The molecule has 0 amide bonds. The molecule has 90 valence electrons. The van der Waals surface area contributed by atoms with Gasteiger partial charge in [-0.3, -0.25) is 0 Å². The zero-order chi connectivity index (χ0) is 11.0. The summed E-state index contributed by atoms with van der Waals surface area (Å²) in [5.41, 5.74) is 0.667. The first-order chi connectivity index (χ1) is 7.33. The third-order valence-electron chi connectivity index (χ3n) is 4.03. The lowest BCUT2D eigenvalue weighted by Crippen LogP contribution is -2.34. The monoisotopic (exact) mass is 211 g/mol. The lowest BCUT2D eigenvalue weighted by Gasteiger charge is -2.37. The molecular weight excluding hydrogens is 182 g/mol. The molecular formula is C14H29N. The molecule has 1 aliphatic rings. The minimum Gasteiger partial charge on any atom is -0.319 e. The van der Waals surface area contributed by atoms with Crippen LogP contribution in [0, 0.1) is 5.41 Å². The summed E-state index contributed by atoms with van der Waals surface area (Å²) in [5, 5.41) is 3.42. The second-order valence-electron chi connectivity index (χ2n) is 5.40. The van der Waals surface area contributed by atoms with E-state index in [1.165, 1.54) is 70.8 Å². The van der Waals surface area contributed by atoms with Crippen LogP contribution in [-0.2, 0) is 0 Å². The van der Waals surface area contributed by atoms with E-state index in [1.54, 1.807) is 0 Å². The van der Waals surface area contributed by atoms with Gasteiger partial charge in [-0.2, -0.15) is 0 Å². The zero-order valence-electron chi connectivity index (χ0n) is 10.8. The molecule has 0 unspecified atom stereocenters. The van der Waals surface area contributed by atoms with Gasteiger partial charge in [0.1, 0.15) is 0 Å². The SMILES string of the molecule is CCCCCCC1(CNC)CCCCC1. The van der Waals surface area contributed by atoms with Gasteiger partial charge >= 0.3 is 0 Å². The molecule has 1 nitrogen and oxygen atoms in total. The Bertz CT molecular complexity index is 142. The summed E-state index contributed by atoms with van der Waals surface area (Å²) in [6.45, 7) is 3.54. The Kier molecular flexibility index (Phi) is 6.31. The molecule has 1 rings (SSSR count). The van der Waals surface area contributed by atoms with Crippen LogP contribution >= 0.6 is 0 Å². The van der Waals surface area contributed by atoms with Crippen molar-refractivity contribution >= 4 is 0 Å². The summed E-state index contributed by atoms with van der Waals surface area (Å²) < 4.78 is 0. The van der Waals surface area contributed by atoms with E-state index in [0.29, 0.717) is 5.41 Å². The van der Waals surface area contributed by atoms with Gasteiger partial charge in [0.25, 0.3) is 0 Å². The first kappa shape index (κ1) is 13.0. The van der Waals surface area contributed by atoms with E-state index in [2.05, 4.69) is 19.3 Å². The molecule has 0 bridgehead atoms. The predicted molar refractivity (Wildman–Crippen MR) is 68.2 cm³/mol. The maximum absolute atomic E-state index is 3.42. The van der Waals surface area contributed by atoms with Crippen molar-refractivity contribution in [3.8, 4) is 0 Å². The van der Waals surface area contributed by atoms with Crippen molar-refractivity contribution in [2.75, 3.05) is 13.6 Å². The molecule has 1 saturated carbocycles. The average Bonchev–Trinajstić information content (AvgIpc) is 2.26. The summed E-state index contributed by atoms with van der Waals surface area (Å²) >= 11 is 0. The fraction of sp³-hybridized carbons (Fsp3) is 1.00. The summed E-state index contributed by atoms with van der Waals surface area (Å²) in [5.74, 6) is 0. The van der Waals surface area contributed by atoms with Gasteiger partial charge in [0.05, 0.1) is 0 Å². The third kappa shape index (κ3) is 4.55. The van der Waals surface area contributed by atoms with E-state index in [1.807, 2.05) is 0 Å². The molecule has 0 aromatic rings. The van der Waals surface area contributed by atoms with E-state index in [9.17, 15) is 0 Å². The van der Waals surface area contributed by atoms with Gasteiger partial charge < -0.3 is 5.32 Å². The van der Waals surface area contributed by atoms with Crippen molar-refractivity contribution in [3.63, 3.8) is 0 Å². The van der Waals surface area contributed by atoms with Crippen molar-refractivity contribution in [1.82, 2.24) is 5.32 Å². The summed E-state index contributed by atoms with van der Waals surface area (Å²) in [4.78, 5) is 0. The molecule has 0 heterocycles. The Morgan fingerprint density at radius 2 is 1.73 bits per heavy atom. The van der Waals surface area contributed by atoms with Gasteiger partial charge in [-0.05, 0) is 31.7 Å². The van der Waals surface area contributed by atoms with Crippen LogP contribution < -0.4 is 5.32 Å². The molecule has 0 aliphatic heterocycles. The van der Waals surface area contributed by atoms with Gasteiger partial charge in [-0.15, -0.1) is 0 Å². The fourth-order valence-corrected chi connectivity index (χ4v) is 3.12. The lowest BCUT2D eigenvalue weighted by atomic mass is 9.71. The van der Waals surface area contributed by atoms with Crippen molar-refractivity contribution in [2.45, 2.75) is 71.1 Å². The number of hydrogen-bond donors (Lipinski definition) is 1. The van der Waals surface area contributed by atoms with Crippen LogP contribution in [0.5, 0.6) is 0 Å². The Balaban J connectivity index is 2.28. The number of nitrogens with one attached hydrogen (secondary N) is 1. The lowest BCUT2D eigenvalue weighted by molar-refractivity contribution is 0.165. The highest BCUT2D eigenvalue weighted by Crippen LogP contribution is 2.40. The van der Waals surface area contributed by atoms with Crippen molar-refractivity contribution in [2.24, 2.45) is 5.41 Å². The molecule has 1 fully saturated rings. The van der Waals surface area contributed by atoms with Crippen LogP contribution in [0.1, 0.15) is 71.1 Å². The minimum absolute atomic E-state index is 0.667. The third-order valence-corrected chi connectivity index (χ3v) is 4.03. The Hall–Kier alpha value is -0.0400. The van der Waals surface area contributed by atoms with Gasteiger partial charge in [-0.1, -0.05) is 51.9 Å². The largest absolute Gasteiger partial charge is 0.319 e. The highest BCUT2D eigenvalue weighted by Gasteiger charge is 2.30. The smallest absolute Gasteiger partial charge is 0.000480 e. The molecule has 1 aliphatic carbocycles. The van der Waals surface area contributed by atoms with Gasteiger partial charge in [0, 0.05) is 6.54 Å². The average molecular weight is 211 g/mol. The highest BCUT2D eigenvalue weighted by atomic mass is 14.8. The molecule has 0 spiro atoms. The first-order valence-electron chi connectivity index (χ1n) is 6.97. The van der Waals surface area contributed by atoms with Crippen molar-refractivity contribution < 1.29 is 0 Å². The van der Waals surface area contributed by atoms with Crippen molar-refractivity contribution in [1.29, 1.82) is 0 Å². The number of rotatable bonds is 7. The standard InChI is InChI=1S/C14H29N/c1-3-4-5-7-10-14(13-15-2)11-8-6-9-12-14/h15H,3-13H2,1-2H3. The minimum atomic E-state index is 0.667. The van der Waals surface area contributed by atoms with Crippen LogP contribution in [0.15, 0.2) is 0 Å². The van der Waals surface area contributed by atoms with Gasteiger partial charge in [0.2, 0.25) is 0 Å². The van der Waals surface area contributed by atoms with Gasteiger partial charge in [0.15, 0.2) is 0 Å². The number of unbranched alkanes of at least 4 members (excludes halogenated alkanes) is 3. The molecule has 15 heavy (non-hydrogen) atoms. The van der Waals surface area contributed by atoms with E-state index in [4.69, 9.17) is 0 Å². The normalized spacial score (nSPS) is 20.4. The van der Waals surface area contributed by atoms with Crippen LogP contribution in [0.2, 0.25) is 0 Å². The van der Waals surface area contributed by atoms with Crippen LogP contribution in [0.3, 0.4) is 0 Å². The van der Waals surface area contributed by atoms with Crippen molar-refractivity contribution in [3.05, 3.63) is 0 Å². The second kappa shape index (κ2) is 7.27. The second-order valence-corrected chi connectivity index (χ2v) is 5.40. The molecule has 0 aromatic heterocycles. The summed E-state index contributed by atoms with van der Waals surface area (Å²) in [6.07, 6.45) is 14.5. The Morgan fingerprint density at radius 3 is 2.33 bits per heavy atom. The maximum atomic E-state index is 3.42. The van der Waals surface area contributed by atoms with E-state index in [-0.39, 0.29) is 0 Å². The quantitative estimate of drug-likeness (QED) is 0.624. The Labute approximate surface area is 96.0 Å². The van der Waals surface area contributed by atoms with Gasteiger partial charge in [-0.25, -0.2) is 0 Å². The molecule has 0 atom stereocenters. The molecule has 0 saturated heterocycles. The van der Waals surface area contributed by atoms with Crippen LogP contribution in [0.25, 0.3) is 0 Å². The topological polar surface area (TPSA) is 12.0 Å². The fourth-order valence-electron chi connectivity index (χ4n) is 3.12. The highest BCUT2D eigenvalue weighted by molar-refractivity contribution is 4.84. The zero-order valence-corrected chi connectivity index (χ0v) is 10.8. The Morgan fingerprint density at radius 1 is 1.00 bits per heavy atom.